The fourth-order valence-corrected chi connectivity index (χ4v) is 3.00. The van der Waals surface area contributed by atoms with E-state index in [4.69, 9.17) is 0 Å². The van der Waals surface area contributed by atoms with E-state index in [1.807, 2.05) is 45.1 Å². The van der Waals surface area contributed by atoms with Gasteiger partial charge < -0.3 is 9.80 Å². The van der Waals surface area contributed by atoms with E-state index in [9.17, 15) is 4.79 Å². The Kier molecular flexibility index (Phi) is 4.63. The highest BCUT2D eigenvalue weighted by molar-refractivity contribution is 7.12. The molecule has 0 unspecified atom stereocenters. The number of carbonyl (C=O) groups excluding carboxylic acids is 1. The molecule has 2 aromatic heterocycles. The molecule has 0 spiro atoms. The monoisotopic (exact) mass is 303 g/mol. The molecule has 2 heterocycles. The molecule has 4 nitrogen and oxygen atoms in total. The van der Waals surface area contributed by atoms with Gasteiger partial charge in [-0.1, -0.05) is 0 Å². The molecule has 2 rings (SSSR count). The first-order valence-electron chi connectivity index (χ1n) is 6.87. The van der Waals surface area contributed by atoms with Crippen molar-refractivity contribution in [2.75, 3.05) is 26.0 Å². The van der Waals surface area contributed by atoms with Crippen LogP contribution in [-0.4, -0.2) is 36.9 Å². The van der Waals surface area contributed by atoms with Crippen molar-refractivity contribution in [2.24, 2.45) is 0 Å². The minimum Gasteiger partial charge on any atom is -0.363 e. The number of aromatic nitrogens is 1. The van der Waals surface area contributed by atoms with Crippen molar-refractivity contribution in [1.82, 2.24) is 9.88 Å². The molecule has 0 aliphatic carbocycles. The van der Waals surface area contributed by atoms with Gasteiger partial charge in [0, 0.05) is 37.1 Å². The van der Waals surface area contributed by atoms with Crippen molar-refractivity contribution in [2.45, 2.75) is 19.9 Å². The van der Waals surface area contributed by atoms with Crippen molar-refractivity contribution in [1.29, 1.82) is 0 Å². The Morgan fingerprint density at radius 2 is 1.90 bits per heavy atom. The van der Waals surface area contributed by atoms with Crippen LogP contribution in [0.5, 0.6) is 0 Å². The number of carbonyl (C=O) groups is 1. The molecule has 1 amide bonds. The number of hydrogen-bond acceptors (Lipinski definition) is 4. The van der Waals surface area contributed by atoms with E-state index in [1.54, 1.807) is 22.4 Å². The number of aryl methyl sites for hydroxylation is 1. The summed E-state index contributed by atoms with van der Waals surface area (Å²) in [5, 5.41) is 0. The average Bonchev–Trinajstić information content (AvgIpc) is 2.91. The van der Waals surface area contributed by atoms with E-state index < -0.39 is 0 Å². The molecule has 0 radical (unpaired) electrons. The van der Waals surface area contributed by atoms with Gasteiger partial charge in [-0.2, -0.15) is 0 Å². The molecule has 0 bridgehead atoms. The number of anilines is 1. The Hall–Kier alpha value is -1.88. The first-order valence-corrected chi connectivity index (χ1v) is 7.68. The summed E-state index contributed by atoms with van der Waals surface area (Å²) >= 11 is 1.73. The molecule has 0 aliphatic heterocycles. The highest BCUT2D eigenvalue weighted by atomic mass is 32.1. The van der Waals surface area contributed by atoms with Crippen LogP contribution >= 0.6 is 11.3 Å². The average molecular weight is 303 g/mol. The zero-order chi connectivity index (χ0) is 15.6. The standard InChI is InChI=1S/C16H21N3OS/c1-11-6-8-14(21-11)12(2)19(5)16(20)13-7-9-15(17-10-13)18(3)4/h6-10,12H,1-5H3/t12-/m1/s1. The molecule has 0 N–H and O–H groups in total. The highest BCUT2D eigenvalue weighted by Crippen LogP contribution is 2.27. The van der Waals surface area contributed by atoms with Gasteiger partial charge in [-0.3, -0.25) is 4.79 Å². The van der Waals surface area contributed by atoms with Crippen LogP contribution in [0.4, 0.5) is 5.82 Å². The molecule has 0 aliphatic rings. The van der Waals surface area contributed by atoms with Crippen LogP contribution in [-0.2, 0) is 0 Å². The predicted molar refractivity (Wildman–Crippen MR) is 88.1 cm³/mol. The van der Waals surface area contributed by atoms with Gasteiger partial charge in [0.2, 0.25) is 0 Å². The van der Waals surface area contributed by atoms with Crippen LogP contribution in [0.2, 0.25) is 0 Å². The van der Waals surface area contributed by atoms with Crippen LogP contribution in [0.15, 0.2) is 30.5 Å². The minimum absolute atomic E-state index is 0.00800. The quantitative estimate of drug-likeness (QED) is 0.869. The third kappa shape index (κ3) is 3.42. The summed E-state index contributed by atoms with van der Waals surface area (Å²) in [6.07, 6.45) is 1.64. The van der Waals surface area contributed by atoms with Gasteiger partial charge in [-0.05, 0) is 38.1 Å². The Morgan fingerprint density at radius 3 is 2.38 bits per heavy atom. The van der Waals surface area contributed by atoms with E-state index in [1.165, 1.54) is 9.75 Å². The van der Waals surface area contributed by atoms with Crippen LogP contribution in [0, 0.1) is 6.92 Å². The van der Waals surface area contributed by atoms with Gasteiger partial charge in [0.05, 0.1) is 11.6 Å². The van der Waals surface area contributed by atoms with Gasteiger partial charge >= 0.3 is 0 Å². The molecule has 0 fully saturated rings. The second-order valence-electron chi connectivity index (χ2n) is 5.34. The molecular weight excluding hydrogens is 282 g/mol. The first kappa shape index (κ1) is 15.5. The maximum absolute atomic E-state index is 12.5. The normalized spacial score (nSPS) is 12.0. The van der Waals surface area contributed by atoms with Gasteiger partial charge in [0.15, 0.2) is 0 Å². The zero-order valence-corrected chi connectivity index (χ0v) is 13.9. The predicted octanol–water partition coefficient (Wildman–Crippen LogP) is 3.35. The minimum atomic E-state index is -0.00800. The first-order chi connectivity index (χ1) is 9.90. The number of hydrogen-bond donors (Lipinski definition) is 0. The topological polar surface area (TPSA) is 36.4 Å². The number of amides is 1. The summed E-state index contributed by atoms with van der Waals surface area (Å²) in [6.45, 7) is 4.12. The molecule has 0 aromatic carbocycles. The molecule has 112 valence electrons. The van der Waals surface area contributed by atoms with Crippen LogP contribution in [0.25, 0.3) is 0 Å². The van der Waals surface area contributed by atoms with E-state index in [0.717, 1.165) is 5.82 Å². The highest BCUT2D eigenvalue weighted by Gasteiger charge is 2.20. The fourth-order valence-electron chi connectivity index (χ4n) is 2.03. The lowest BCUT2D eigenvalue weighted by atomic mass is 10.2. The Bertz CT molecular complexity index is 619. The largest absolute Gasteiger partial charge is 0.363 e. The van der Waals surface area contributed by atoms with Gasteiger partial charge in [0.25, 0.3) is 5.91 Å². The van der Waals surface area contributed by atoms with Gasteiger partial charge in [-0.15, -0.1) is 11.3 Å². The molecule has 0 saturated heterocycles. The summed E-state index contributed by atoms with van der Waals surface area (Å²) < 4.78 is 0. The summed E-state index contributed by atoms with van der Waals surface area (Å²) in [4.78, 5) is 23.0. The Balaban J connectivity index is 2.15. The molecule has 1 atom stereocenters. The Morgan fingerprint density at radius 1 is 1.19 bits per heavy atom. The van der Waals surface area contributed by atoms with Crippen molar-refractivity contribution in [3.63, 3.8) is 0 Å². The number of rotatable bonds is 4. The van der Waals surface area contributed by atoms with E-state index in [-0.39, 0.29) is 11.9 Å². The summed E-state index contributed by atoms with van der Waals surface area (Å²) in [6, 6.07) is 7.92. The van der Waals surface area contributed by atoms with Crippen molar-refractivity contribution >= 4 is 23.1 Å². The van der Waals surface area contributed by atoms with Crippen LogP contribution < -0.4 is 4.90 Å². The summed E-state index contributed by atoms with van der Waals surface area (Å²) in [5.74, 6) is 0.836. The Labute approximate surface area is 130 Å². The third-order valence-corrected chi connectivity index (χ3v) is 4.70. The molecule has 2 aromatic rings. The lowest BCUT2D eigenvalue weighted by molar-refractivity contribution is 0.0744. The van der Waals surface area contributed by atoms with Gasteiger partial charge in [0.1, 0.15) is 5.82 Å². The summed E-state index contributed by atoms with van der Waals surface area (Å²) in [5.41, 5.74) is 0.614. The number of pyridine rings is 1. The maximum atomic E-state index is 12.5. The van der Waals surface area contributed by atoms with Crippen LogP contribution in [0.1, 0.15) is 33.1 Å². The fraction of sp³-hybridized carbons (Fsp3) is 0.375. The third-order valence-electron chi connectivity index (χ3n) is 3.53. The molecule has 5 heteroatoms. The number of thiophene rings is 1. The van der Waals surface area contributed by atoms with Crippen LogP contribution in [0.3, 0.4) is 0 Å². The second kappa shape index (κ2) is 6.26. The van der Waals surface area contributed by atoms with Crippen molar-refractivity contribution < 1.29 is 4.79 Å². The van der Waals surface area contributed by atoms with E-state index in [2.05, 4.69) is 24.0 Å². The molecule has 0 saturated carbocycles. The zero-order valence-electron chi connectivity index (χ0n) is 13.1. The molecular formula is C16H21N3OS. The van der Waals surface area contributed by atoms with Crippen molar-refractivity contribution in [3.8, 4) is 0 Å². The lowest BCUT2D eigenvalue weighted by Crippen LogP contribution is -2.29. The second-order valence-corrected chi connectivity index (χ2v) is 6.66. The summed E-state index contributed by atoms with van der Waals surface area (Å²) in [7, 11) is 5.69. The SMILES string of the molecule is Cc1ccc([C@@H](C)N(C)C(=O)c2ccc(N(C)C)nc2)s1. The number of nitrogens with zero attached hydrogens (tertiary/aromatic N) is 3. The van der Waals surface area contributed by atoms with Crippen molar-refractivity contribution in [3.05, 3.63) is 45.8 Å². The van der Waals surface area contributed by atoms with E-state index >= 15 is 0 Å². The van der Waals surface area contributed by atoms with E-state index in [0.29, 0.717) is 5.56 Å². The lowest BCUT2D eigenvalue weighted by Gasteiger charge is -2.24. The van der Waals surface area contributed by atoms with Gasteiger partial charge in [-0.25, -0.2) is 4.98 Å². The smallest absolute Gasteiger partial charge is 0.255 e. The maximum Gasteiger partial charge on any atom is 0.255 e. The molecule has 21 heavy (non-hydrogen) atoms.